The predicted octanol–water partition coefficient (Wildman–Crippen LogP) is 7.71. The Morgan fingerprint density at radius 3 is 2.40 bits per heavy atom. The van der Waals surface area contributed by atoms with Gasteiger partial charge in [-0.2, -0.15) is 0 Å². The molecular weight excluding hydrogens is 496 g/mol. The summed E-state index contributed by atoms with van der Waals surface area (Å²) in [5.41, 5.74) is 10.8. The number of pyridine rings is 1. The first-order chi connectivity index (χ1) is 19.5. The molecular formula is C35H38N2O3. The Kier molecular flexibility index (Phi) is 8.61. The summed E-state index contributed by atoms with van der Waals surface area (Å²) in [7, 11) is 0. The summed E-state index contributed by atoms with van der Waals surface area (Å²) < 4.78 is 11.6. The summed E-state index contributed by atoms with van der Waals surface area (Å²) in [4.78, 5) is 19.6. The summed E-state index contributed by atoms with van der Waals surface area (Å²) in [5.74, 6) is 0.819. The van der Waals surface area contributed by atoms with Crippen LogP contribution in [0.5, 0.6) is 11.5 Å². The number of carbonyl (C=O) groups is 1. The number of fused-ring (bicyclic) bond motifs is 1. The third-order valence-electron chi connectivity index (χ3n) is 7.83. The molecule has 0 atom stereocenters. The molecule has 40 heavy (non-hydrogen) atoms. The SMILES string of the molecule is CCOC(=O)c1ccccc1Oc1ccnc(C)c1CN1CCc2cccc(-c3c(CC)cccc3CC)c2C1. The van der Waals surface area contributed by atoms with Crippen molar-refractivity contribution < 1.29 is 14.3 Å². The molecule has 5 nitrogen and oxygen atoms in total. The van der Waals surface area contributed by atoms with Crippen molar-refractivity contribution >= 4 is 5.97 Å². The molecule has 0 unspecified atom stereocenters. The highest BCUT2D eigenvalue weighted by molar-refractivity contribution is 5.92. The molecule has 0 amide bonds. The maximum atomic E-state index is 12.6. The van der Waals surface area contributed by atoms with E-state index >= 15 is 0 Å². The van der Waals surface area contributed by atoms with Gasteiger partial charge in [-0.05, 0) is 84.7 Å². The van der Waals surface area contributed by atoms with Crippen LogP contribution in [0.3, 0.4) is 0 Å². The van der Waals surface area contributed by atoms with E-state index in [0.29, 0.717) is 30.2 Å². The number of para-hydroxylation sites is 1. The van der Waals surface area contributed by atoms with E-state index in [9.17, 15) is 4.79 Å². The van der Waals surface area contributed by atoms with E-state index in [1.807, 2.05) is 31.2 Å². The first-order valence-corrected chi connectivity index (χ1v) is 14.4. The Bertz CT molecular complexity index is 1490. The minimum absolute atomic E-state index is 0.313. The van der Waals surface area contributed by atoms with Crippen LogP contribution < -0.4 is 4.74 Å². The highest BCUT2D eigenvalue weighted by Gasteiger charge is 2.24. The van der Waals surface area contributed by atoms with Crippen LogP contribution in [0.2, 0.25) is 0 Å². The van der Waals surface area contributed by atoms with Crippen LogP contribution in [0.4, 0.5) is 0 Å². The van der Waals surface area contributed by atoms with Crippen molar-refractivity contribution in [1.29, 1.82) is 0 Å². The fraction of sp³-hybridized carbons (Fsp3) is 0.314. The van der Waals surface area contributed by atoms with Gasteiger partial charge in [-0.25, -0.2) is 4.79 Å². The van der Waals surface area contributed by atoms with Gasteiger partial charge in [0.1, 0.15) is 17.1 Å². The van der Waals surface area contributed by atoms with Crippen molar-refractivity contribution in [3.63, 3.8) is 0 Å². The smallest absolute Gasteiger partial charge is 0.341 e. The van der Waals surface area contributed by atoms with Crippen LogP contribution in [0.15, 0.2) is 72.9 Å². The normalized spacial score (nSPS) is 13.1. The van der Waals surface area contributed by atoms with Crippen molar-refractivity contribution in [3.05, 3.63) is 112 Å². The number of nitrogens with zero attached hydrogens (tertiary/aromatic N) is 2. The highest BCUT2D eigenvalue weighted by Crippen LogP contribution is 2.37. The van der Waals surface area contributed by atoms with Crippen LogP contribution in [0.25, 0.3) is 11.1 Å². The van der Waals surface area contributed by atoms with Crippen LogP contribution in [0, 0.1) is 6.92 Å². The number of hydrogen-bond donors (Lipinski definition) is 0. The molecule has 5 heteroatoms. The van der Waals surface area contributed by atoms with Gasteiger partial charge >= 0.3 is 5.97 Å². The molecule has 5 rings (SSSR count). The second kappa shape index (κ2) is 12.5. The van der Waals surface area contributed by atoms with Crippen molar-refractivity contribution in [1.82, 2.24) is 9.88 Å². The zero-order chi connectivity index (χ0) is 28.1. The molecule has 0 aliphatic carbocycles. The lowest BCUT2D eigenvalue weighted by Crippen LogP contribution is -2.31. The Labute approximate surface area is 237 Å². The standard InChI is InChI=1S/C35H38N2O3/c1-5-25-12-10-13-26(6-2)34(25)28-16-11-14-27-19-21-37(23-31(27)28)22-30-24(4)36-20-18-33(30)40-32-17-9-8-15-29(32)35(38)39-7-3/h8-18,20H,5-7,19,21-23H2,1-4H3. The zero-order valence-electron chi connectivity index (χ0n) is 24.0. The first-order valence-electron chi connectivity index (χ1n) is 14.4. The van der Waals surface area contributed by atoms with Crippen LogP contribution in [-0.2, 0) is 37.1 Å². The third-order valence-corrected chi connectivity index (χ3v) is 7.83. The van der Waals surface area contributed by atoms with Gasteiger partial charge < -0.3 is 9.47 Å². The maximum Gasteiger partial charge on any atom is 0.341 e. The minimum atomic E-state index is -0.385. The summed E-state index contributed by atoms with van der Waals surface area (Å²) >= 11 is 0. The summed E-state index contributed by atoms with van der Waals surface area (Å²) in [6.07, 6.45) is 4.79. The molecule has 4 aromatic rings. The van der Waals surface area contributed by atoms with Crippen molar-refractivity contribution in [2.45, 2.75) is 60.0 Å². The number of carbonyl (C=O) groups excluding carboxylic acids is 1. The van der Waals surface area contributed by atoms with Crippen molar-refractivity contribution in [2.24, 2.45) is 0 Å². The first kappa shape index (κ1) is 27.6. The van der Waals surface area contributed by atoms with Crippen LogP contribution in [0.1, 0.15) is 64.6 Å². The lowest BCUT2D eigenvalue weighted by molar-refractivity contribution is 0.0523. The van der Waals surface area contributed by atoms with Gasteiger partial charge in [0, 0.05) is 37.1 Å². The molecule has 0 N–H and O–H groups in total. The van der Waals surface area contributed by atoms with Crippen molar-refractivity contribution in [2.75, 3.05) is 13.2 Å². The van der Waals surface area contributed by atoms with Gasteiger partial charge in [-0.15, -0.1) is 0 Å². The third kappa shape index (κ3) is 5.66. The minimum Gasteiger partial charge on any atom is -0.462 e. The number of esters is 1. The number of rotatable bonds is 9. The van der Waals surface area contributed by atoms with Crippen LogP contribution in [-0.4, -0.2) is 29.0 Å². The maximum absolute atomic E-state index is 12.6. The Morgan fingerprint density at radius 1 is 0.900 bits per heavy atom. The van der Waals surface area contributed by atoms with E-state index in [2.05, 4.69) is 60.1 Å². The highest BCUT2D eigenvalue weighted by atomic mass is 16.5. The molecule has 2 heterocycles. The molecule has 1 aliphatic heterocycles. The van der Waals surface area contributed by atoms with Crippen LogP contribution >= 0.6 is 0 Å². The second-order valence-corrected chi connectivity index (χ2v) is 10.3. The van der Waals surface area contributed by atoms with Gasteiger partial charge in [0.15, 0.2) is 0 Å². The molecule has 1 aromatic heterocycles. The van der Waals surface area contributed by atoms with Crippen molar-refractivity contribution in [3.8, 4) is 22.6 Å². The average molecular weight is 535 g/mol. The number of ether oxygens (including phenoxy) is 2. The van der Waals surface area contributed by atoms with Gasteiger partial charge in [0.25, 0.3) is 0 Å². The molecule has 206 valence electrons. The molecule has 0 spiro atoms. The fourth-order valence-electron chi connectivity index (χ4n) is 5.73. The van der Waals surface area contributed by atoms with E-state index in [1.54, 1.807) is 19.2 Å². The van der Waals surface area contributed by atoms with Gasteiger partial charge in [-0.3, -0.25) is 9.88 Å². The lowest BCUT2D eigenvalue weighted by atomic mass is 9.85. The molecule has 0 bridgehead atoms. The lowest BCUT2D eigenvalue weighted by Gasteiger charge is -2.32. The molecule has 0 fully saturated rings. The zero-order valence-corrected chi connectivity index (χ0v) is 24.0. The fourth-order valence-corrected chi connectivity index (χ4v) is 5.73. The Hall–Kier alpha value is -3.96. The molecule has 1 aliphatic rings. The number of hydrogen-bond acceptors (Lipinski definition) is 5. The predicted molar refractivity (Wildman–Crippen MR) is 160 cm³/mol. The largest absolute Gasteiger partial charge is 0.462 e. The molecule has 0 saturated carbocycles. The van der Waals surface area contributed by atoms with Gasteiger partial charge in [-0.1, -0.05) is 62.4 Å². The van der Waals surface area contributed by atoms with Gasteiger partial charge in [0.2, 0.25) is 0 Å². The quantitative estimate of drug-likeness (QED) is 0.206. The Morgan fingerprint density at radius 2 is 1.65 bits per heavy atom. The number of aromatic nitrogens is 1. The average Bonchev–Trinajstić information content (AvgIpc) is 2.98. The monoisotopic (exact) mass is 534 g/mol. The molecule has 0 radical (unpaired) electrons. The van der Waals surface area contributed by atoms with Gasteiger partial charge in [0.05, 0.1) is 6.61 Å². The second-order valence-electron chi connectivity index (χ2n) is 10.3. The van der Waals surface area contributed by atoms with E-state index < -0.39 is 0 Å². The van der Waals surface area contributed by atoms with E-state index in [0.717, 1.165) is 43.6 Å². The molecule has 3 aromatic carbocycles. The molecule has 0 saturated heterocycles. The number of aryl methyl sites for hydroxylation is 3. The Balaban J connectivity index is 1.46. The van der Waals surface area contributed by atoms with E-state index in [1.165, 1.54) is 33.4 Å². The summed E-state index contributed by atoms with van der Waals surface area (Å²) in [6.45, 7) is 11.2. The van der Waals surface area contributed by atoms with E-state index in [4.69, 9.17) is 9.47 Å². The number of benzene rings is 3. The summed E-state index contributed by atoms with van der Waals surface area (Å²) in [6, 6.07) is 22.7. The van der Waals surface area contributed by atoms with E-state index in [-0.39, 0.29) is 5.97 Å². The summed E-state index contributed by atoms with van der Waals surface area (Å²) in [5, 5.41) is 0. The topological polar surface area (TPSA) is 51.7 Å².